The summed E-state index contributed by atoms with van der Waals surface area (Å²) in [5.41, 5.74) is 10.4. The number of methoxy groups -OCH3 is 4. The summed E-state index contributed by atoms with van der Waals surface area (Å²) in [7, 11) is -1.91. The van der Waals surface area contributed by atoms with E-state index in [1.807, 2.05) is 135 Å². The monoisotopic (exact) mass is 1250 g/mol. The van der Waals surface area contributed by atoms with Crippen molar-refractivity contribution in [2.75, 3.05) is 28.4 Å². The summed E-state index contributed by atoms with van der Waals surface area (Å²) in [5.74, 6) is 3.46. The minimum atomic E-state index is -4.27. The van der Waals surface area contributed by atoms with Gasteiger partial charge in [0.2, 0.25) is 0 Å². The Hall–Kier alpha value is -7.34. The molecule has 18 nitrogen and oxygen atoms in total. The quantitative estimate of drug-likeness (QED) is 0.0733. The molecule has 4 aromatic heterocycles. The van der Waals surface area contributed by atoms with Crippen LogP contribution in [0.1, 0.15) is 11.1 Å². The van der Waals surface area contributed by atoms with Gasteiger partial charge in [-0.25, -0.2) is 16.8 Å². The van der Waals surface area contributed by atoms with Crippen LogP contribution in [-0.4, -0.2) is 95.2 Å². The Morgan fingerprint density at radius 1 is 0.329 bits per heavy atom. The second kappa shape index (κ2) is 32.2. The number of aromatic amines is 4. The van der Waals surface area contributed by atoms with E-state index in [1.54, 1.807) is 77.5 Å². The van der Waals surface area contributed by atoms with Crippen molar-refractivity contribution in [3.05, 3.63) is 206 Å². The van der Waals surface area contributed by atoms with Crippen molar-refractivity contribution in [3.8, 4) is 68.0 Å². The van der Waals surface area contributed by atoms with Crippen LogP contribution in [-0.2, 0) is 65.0 Å². The molecule has 0 aliphatic heterocycles. The van der Waals surface area contributed by atoms with Gasteiger partial charge in [-0.1, -0.05) is 35.4 Å². The van der Waals surface area contributed by atoms with Crippen molar-refractivity contribution in [2.24, 2.45) is 0 Å². The van der Waals surface area contributed by atoms with Gasteiger partial charge in [0.25, 0.3) is 0 Å². The van der Waals surface area contributed by atoms with E-state index in [0.717, 1.165) is 79.2 Å². The Morgan fingerprint density at radius 3 is 0.671 bits per heavy atom. The summed E-state index contributed by atoms with van der Waals surface area (Å²) in [6.07, 6.45) is 6.94. The van der Waals surface area contributed by atoms with E-state index in [-0.39, 0.29) is 54.6 Å². The Kier molecular flexibility index (Phi) is 26.7. The smallest absolute Gasteiger partial charge is 0.744 e. The van der Waals surface area contributed by atoms with Gasteiger partial charge in [0.1, 0.15) is 43.2 Å². The van der Waals surface area contributed by atoms with E-state index in [9.17, 15) is 25.9 Å². The summed E-state index contributed by atoms with van der Waals surface area (Å²) in [5, 5.41) is 27.1. The Morgan fingerprint density at radius 2 is 0.526 bits per heavy atom. The Balaban J connectivity index is 0.000000239. The van der Waals surface area contributed by atoms with Crippen LogP contribution in [0, 0.1) is 13.8 Å². The maximum absolute atomic E-state index is 10.4. The molecule has 6 aromatic carbocycles. The van der Waals surface area contributed by atoms with Crippen LogP contribution >= 0.6 is 0 Å². The number of aryl methyl sites for hydroxylation is 2. The molecule has 0 spiro atoms. The molecule has 0 atom stereocenters. The molecule has 0 aliphatic carbocycles. The second-order valence-electron chi connectivity index (χ2n) is 15.3. The first-order chi connectivity index (χ1) is 35.6. The third-order valence-electron chi connectivity index (χ3n) is 10.2. The number of hydrogen-bond donors (Lipinski definition) is 4. The van der Waals surface area contributed by atoms with Gasteiger partial charge in [-0.3, -0.25) is 20.4 Å². The molecule has 22 heteroatoms. The SMILES string of the molecule is COc1ccc(-c2ccn[nH]2)cc1.COc1ccc(-c2ccn[nH]2)cc1.COc1ccc(-c2ccn[nH]2)cc1.COc1ccc(-c2ccn[nH]2)cc1.Cc1ccc(S(=O)(=O)[O-])cc1.Cc1ccc(S(=O)(=O)[O-])cc1.[Ag+].[Ag+]. The van der Waals surface area contributed by atoms with Gasteiger partial charge in [0.15, 0.2) is 0 Å². The zero-order valence-electron chi connectivity index (χ0n) is 41.8. The number of aromatic nitrogens is 8. The van der Waals surface area contributed by atoms with Crippen molar-refractivity contribution in [2.45, 2.75) is 23.6 Å². The molecule has 0 fully saturated rings. The van der Waals surface area contributed by atoms with Crippen LogP contribution in [0.5, 0.6) is 23.0 Å². The summed E-state index contributed by atoms with van der Waals surface area (Å²) in [6, 6.07) is 50.6. The predicted molar refractivity (Wildman–Crippen MR) is 281 cm³/mol. The molecule has 0 amide bonds. The molecular weight excluding hydrogens is 1200 g/mol. The van der Waals surface area contributed by atoms with Gasteiger partial charge in [0, 0.05) is 24.8 Å². The van der Waals surface area contributed by atoms with Gasteiger partial charge in [0.05, 0.1) is 61.0 Å². The van der Waals surface area contributed by atoms with E-state index in [2.05, 4.69) is 40.8 Å². The zero-order chi connectivity index (χ0) is 53.4. The summed E-state index contributed by atoms with van der Waals surface area (Å²) >= 11 is 0. The fourth-order valence-electron chi connectivity index (χ4n) is 6.16. The van der Waals surface area contributed by atoms with E-state index in [0.29, 0.717) is 0 Å². The molecule has 4 heterocycles. The van der Waals surface area contributed by atoms with E-state index >= 15 is 0 Å². The summed E-state index contributed by atoms with van der Waals surface area (Å²) in [4.78, 5) is -0.355. The van der Waals surface area contributed by atoms with E-state index < -0.39 is 20.2 Å². The van der Waals surface area contributed by atoms with Crippen LogP contribution < -0.4 is 18.9 Å². The number of nitrogens with one attached hydrogen (secondary N) is 4. The molecule has 0 bridgehead atoms. The maximum Gasteiger partial charge on any atom is 1.00 e. The largest absolute Gasteiger partial charge is 1.00 e. The van der Waals surface area contributed by atoms with Gasteiger partial charge < -0.3 is 28.1 Å². The minimum absolute atomic E-state index is 0. The molecule has 404 valence electrons. The van der Waals surface area contributed by atoms with Crippen molar-refractivity contribution in [1.29, 1.82) is 0 Å². The summed E-state index contributed by atoms with van der Waals surface area (Å²) in [6.45, 7) is 3.64. The van der Waals surface area contributed by atoms with Crippen LogP contribution in [0.3, 0.4) is 0 Å². The standard InChI is InChI=1S/4C10H10N2O.2C7H8O3S.2Ag/c4*1-13-9-4-2-8(3-5-9)10-6-7-11-12-10;2*1-6-2-4-7(5-3-6)11(8,9)10;;/h4*2-7H,1H3,(H,11,12);2*2-5H,1H3,(H,8,9,10);;/q;;;;;;2*+1/p-2. The maximum atomic E-state index is 10.4. The number of H-pyrrole nitrogens is 4. The van der Waals surface area contributed by atoms with Crippen LogP contribution in [0.25, 0.3) is 45.0 Å². The molecule has 0 aliphatic rings. The van der Waals surface area contributed by atoms with Gasteiger partial charge in [-0.05, 0) is 182 Å². The number of rotatable bonds is 10. The first-order valence-corrected chi connectivity index (χ1v) is 25.0. The number of nitrogens with zero attached hydrogens (tertiary/aromatic N) is 4. The molecule has 10 rings (SSSR count). The van der Waals surface area contributed by atoms with Crippen molar-refractivity contribution >= 4 is 20.2 Å². The molecule has 0 radical (unpaired) electrons. The first kappa shape index (κ1) is 63.0. The Bertz CT molecular complexity index is 2950. The number of ether oxygens (including phenoxy) is 4. The van der Waals surface area contributed by atoms with Crippen molar-refractivity contribution in [3.63, 3.8) is 0 Å². The number of hydrogen-bond acceptors (Lipinski definition) is 14. The van der Waals surface area contributed by atoms with Crippen molar-refractivity contribution < 1.29 is 89.6 Å². The normalized spacial score (nSPS) is 10.1. The third kappa shape index (κ3) is 21.1. The molecule has 0 saturated heterocycles. The van der Waals surface area contributed by atoms with Crippen molar-refractivity contribution in [1.82, 2.24) is 40.8 Å². The molecule has 76 heavy (non-hydrogen) atoms. The number of benzene rings is 6. The molecule has 0 unspecified atom stereocenters. The first-order valence-electron chi connectivity index (χ1n) is 22.2. The topological polar surface area (TPSA) is 266 Å². The van der Waals surface area contributed by atoms with Crippen LogP contribution in [0.15, 0.2) is 204 Å². The van der Waals surface area contributed by atoms with Gasteiger partial charge >= 0.3 is 44.8 Å². The van der Waals surface area contributed by atoms with Gasteiger partial charge in [-0.2, -0.15) is 20.4 Å². The van der Waals surface area contributed by atoms with E-state index in [4.69, 9.17) is 18.9 Å². The molecular formula is C54H54Ag2N8O10S2. The fourth-order valence-corrected chi connectivity index (χ4v) is 7.10. The zero-order valence-corrected chi connectivity index (χ0v) is 46.4. The fraction of sp³-hybridized carbons (Fsp3) is 0.111. The average molecular weight is 1250 g/mol. The average Bonchev–Trinajstić information content (AvgIpc) is 4.30. The van der Waals surface area contributed by atoms with E-state index in [1.165, 1.54) is 24.3 Å². The minimum Gasteiger partial charge on any atom is -0.744 e. The van der Waals surface area contributed by atoms with Crippen LogP contribution in [0.4, 0.5) is 0 Å². The molecule has 4 N–H and O–H groups in total. The third-order valence-corrected chi connectivity index (χ3v) is 11.9. The summed E-state index contributed by atoms with van der Waals surface area (Å²) < 4.78 is 82.6. The molecule has 10 aromatic rings. The molecule has 0 saturated carbocycles. The Labute approximate surface area is 473 Å². The second-order valence-corrected chi connectivity index (χ2v) is 18.1. The van der Waals surface area contributed by atoms with Crippen LogP contribution in [0.2, 0.25) is 0 Å². The van der Waals surface area contributed by atoms with Gasteiger partial charge in [-0.15, -0.1) is 0 Å². The predicted octanol–water partition coefficient (Wildman–Crippen LogP) is 10.1.